The summed E-state index contributed by atoms with van der Waals surface area (Å²) in [6.07, 6.45) is 7.63. The molecule has 0 spiro atoms. The van der Waals surface area contributed by atoms with Gasteiger partial charge in [-0.1, -0.05) is 103 Å². The zero-order valence-electron chi connectivity index (χ0n) is 25.9. The monoisotopic (exact) mass is 554 g/mol. The van der Waals surface area contributed by atoms with Crippen molar-refractivity contribution in [3.8, 4) is 22.3 Å². The summed E-state index contributed by atoms with van der Waals surface area (Å²) in [7, 11) is -0.291. The third kappa shape index (κ3) is 4.66. The molecule has 1 saturated heterocycles. The Morgan fingerprint density at radius 2 is 0.762 bits per heavy atom. The molecule has 4 aromatic carbocycles. The molecule has 214 valence electrons. The van der Waals surface area contributed by atoms with Gasteiger partial charge < -0.3 is 9.31 Å². The van der Waals surface area contributed by atoms with Crippen LogP contribution in [0.4, 0.5) is 0 Å². The molecule has 0 atom stereocenters. The highest BCUT2D eigenvalue weighted by molar-refractivity contribution is 6.62. The molecule has 0 aromatic heterocycles. The summed E-state index contributed by atoms with van der Waals surface area (Å²) in [5.41, 5.74) is 10.6. The molecule has 4 fully saturated rings. The van der Waals surface area contributed by atoms with Crippen LogP contribution in [0.25, 0.3) is 22.3 Å². The van der Waals surface area contributed by atoms with Crippen molar-refractivity contribution in [2.24, 2.45) is 0 Å². The number of hydrogen-bond acceptors (Lipinski definition) is 2. The Balaban J connectivity index is 1.03. The van der Waals surface area contributed by atoms with Gasteiger partial charge in [0.15, 0.2) is 0 Å². The van der Waals surface area contributed by atoms with Crippen LogP contribution in [0.15, 0.2) is 97.1 Å². The van der Waals surface area contributed by atoms with Crippen molar-refractivity contribution in [1.29, 1.82) is 0 Å². The summed E-state index contributed by atoms with van der Waals surface area (Å²) in [5.74, 6) is 0. The first-order chi connectivity index (χ1) is 20.1. The van der Waals surface area contributed by atoms with Crippen LogP contribution in [0.2, 0.25) is 0 Å². The summed E-state index contributed by atoms with van der Waals surface area (Å²) in [6, 6.07) is 36.5. The predicted molar refractivity (Wildman–Crippen MR) is 175 cm³/mol. The highest BCUT2D eigenvalue weighted by atomic mass is 16.7. The summed E-state index contributed by atoms with van der Waals surface area (Å²) in [6.45, 7) is 10.6. The fraction of sp³-hybridized carbons (Fsp3) is 0.385. The summed E-state index contributed by atoms with van der Waals surface area (Å²) >= 11 is 0. The van der Waals surface area contributed by atoms with Gasteiger partial charge in [0.05, 0.1) is 11.2 Å². The second-order valence-electron chi connectivity index (χ2n) is 14.3. The quantitative estimate of drug-likeness (QED) is 0.229. The minimum Gasteiger partial charge on any atom is -0.399 e. The molecule has 2 nitrogen and oxygen atoms in total. The lowest BCUT2D eigenvalue weighted by atomic mass is 9.50. The normalized spacial score (nSPS) is 26.0. The highest BCUT2D eigenvalue weighted by Gasteiger charge is 2.52. The summed E-state index contributed by atoms with van der Waals surface area (Å²) in [5, 5.41) is 0. The van der Waals surface area contributed by atoms with Crippen molar-refractivity contribution in [3.05, 3.63) is 114 Å². The minimum absolute atomic E-state index is 0.291. The average Bonchev–Trinajstić information content (AvgIpc) is 3.25. The molecule has 8 rings (SSSR count). The molecule has 1 heterocycles. The van der Waals surface area contributed by atoms with E-state index >= 15 is 0 Å². The maximum absolute atomic E-state index is 6.30. The van der Waals surface area contributed by atoms with Crippen molar-refractivity contribution in [2.45, 2.75) is 95.2 Å². The fourth-order valence-corrected chi connectivity index (χ4v) is 7.64. The van der Waals surface area contributed by atoms with Gasteiger partial charge in [0.1, 0.15) is 0 Å². The molecule has 0 unspecified atom stereocenters. The van der Waals surface area contributed by atoms with Gasteiger partial charge in [0.2, 0.25) is 0 Å². The Morgan fingerprint density at radius 3 is 1.14 bits per heavy atom. The number of fused-ring (bicyclic) bond motifs is 3. The van der Waals surface area contributed by atoms with Crippen molar-refractivity contribution in [3.63, 3.8) is 0 Å². The third-order valence-electron chi connectivity index (χ3n) is 11.4. The number of hydrogen-bond donors (Lipinski definition) is 0. The predicted octanol–water partition coefficient (Wildman–Crippen LogP) is 9.17. The van der Waals surface area contributed by atoms with Gasteiger partial charge in [-0.05, 0) is 123 Å². The van der Waals surface area contributed by atoms with Gasteiger partial charge >= 0.3 is 7.12 Å². The lowest BCUT2D eigenvalue weighted by Crippen LogP contribution is -2.46. The van der Waals surface area contributed by atoms with E-state index in [1.165, 1.54) is 77.5 Å². The van der Waals surface area contributed by atoms with E-state index in [-0.39, 0.29) is 18.3 Å². The zero-order valence-corrected chi connectivity index (χ0v) is 25.9. The lowest BCUT2D eigenvalue weighted by molar-refractivity contribution is 0.00578. The largest absolute Gasteiger partial charge is 0.494 e. The SMILES string of the molecule is Cc1ccc(-c2ccc(-c3ccc(C45CCC(c6ccc(B7OC(C)(C)C(C)(C)O7)cc6)(CC4)CC5)cc3)cc2)cc1. The fourth-order valence-electron chi connectivity index (χ4n) is 7.64. The first kappa shape index (κ1) is 27.7. The molecule has 2 bridgehead atoms. The van der Waals surface area contributed by atoms with Crippen LogP contribution < -0.4 is 5.46 Å². The molecular formula is C39H43BO2. The van der Waals surface area contributed by atoms with Crippen molar-refractivity contribution < 1.29 is 9.31 Å². The third-order valence-corrected chi connectivity index (χ3v) is 11.4. The van der Waals surface area contributed by atoms with Crippen molar-refractivity contribution >= 4 is 12.6 Å². The molecule has 3 aliphatic carbocycles. The number of rotatable bonds is 5. The van der Waals surface area contributed by atoms with Gasteiger partial charge in [-0.3, -0.25) is 0 Å². The van der Waals surface area contributed by atoms with Crippen LogP contribution in [-0.4, -0.2) is 18.3 Å². The van der Waals surface area contributed by atoms with Gasteiger partial charge in [-0.25, -0.2) is 0 Å². The van der Waals surface area contributed by atoms with E-state index in [0.717, 1.165) is 5.46 Å². The second-order valence-corrected chi connectivity index (χ2v) is 14.3. The minimum atomic E-state index is -0.310. The summed E-state index contributed by atoms with van der Waals surface area (Å²) < 4.78 is 12.6. The molecule has 3 saturated carbocycles. The van der Waals surface area contributed by atoms with Gasteiger partial charge in [0.25, 0.3) is 0 Å². The van der Waals surface area contributed by atoms with Crippen molar-refractivity contribution in [2.75, 3.05) is 0 Å². The van der Waals surface area contributed by atoms with Gasteiger partial charge in [0, 0.05) is 0 Å². The van der Waals surface area contributed by atoms with Crippen LogP contribution >= 0.6 is 0 Å². The second kappa shape index (κ2) is 9.96. The molecule has 0 amide bonds. The van der Waals surface area contributed by atoms with Gasteiger partial charge in [-0.15, -0.1) is 0 Å². The molecule has 1 aliphatic heterocycles. The molecule has 4 aliphatic rings. The van der Waals surface area contributed by atoms with E-state index in [4.69, 9.17) is 9.31 Å². The molecule has 4 aromatic rings. The Kier molecular flexibility index (Phi) is 6.57. The van der Waals surface area contributed by atoms with Gasteiger partial charge in [-0.2, -0.15) is 0 Å². The maximum atomic E-state index is 6.30. The Bertz CT molecular complexity index is 1520. The standard InChI is InChI=1S/C39H43BO2/c1-28-6-8-29(9-7-28)30-10-12-31(13-11-30)32-14-16-33(17-15-32)38-22-25-39(26-23-38,27-24-38)34-18-20-35(21-19-34)40-41-36(2,3)37(4,5)42-40/h6-21H,22-27H2,1-5H3. The van der Waals surface area contributed by atoms with Crippen LogP contribution in [-0.2, 0) is 20.1 Å². The average molecular weight is 555 g/mol. The number of aryl methyl sites for hydroxylation is 1. The molecule has 42 heavy (non-hydrogen) atoms. The van der Waals surface area contributed by atoms with Crippen LogP contribution in [0.1, 0.15) is 82.9 Å². The Hall–Kier alpha value is -3.14. The van der Waals surface area contributed by atoms with E-state index in [0.29, 0.717) is 10.8 Å². The lowest BCUT2D eigenvalue weighted by Gasteiger charge is -2.54. The Morgan fingerprint density at radius 1 is 0.452 bits per heavy atom. The van der Waals surface area contributed by atoms with Crippen molar-refractivity contribution in [1.82, 2.24) is 0 Å². The van der Waals surface area contributed by atoms with E-state index < -0.39 is 0 Å². The van der Waals surface area contributed by atoms with Crippen LogP contribution in [0, 0.1) is 6.92 Å². The molecular weight excluding hydrogens is 511 g/mol. The summed E-state index contributed by atoms with van der Waals surface area (Å²) in [4.78, 5) is 0. The number of benzene rings is 4. The molecule has 0 radical (unpaired) electrons. The highest BCUT2D eigenvalue weighted by Crippen LogP contribution is 2.58. The van der Waals surface area contributed by atoms with E-state index in [9.17, 15) is 0 Å². The topological polar surface area (TPSA) is 18.5 Å². The van der Waals surface area contributed by atoms with Crippen LogP contribution in [0.5, 0.6) is 0 Å². The first-order valence-corrected chi connectivity index (χ1v) is 15.8. The molecule has 0 N–H and O–H groups in total. The van der Waals surface area contributed by atoms with E-state index in [1.807, 2.05) is 0 Å². The van der Waals surface area contributed by atoms with E-state index in [1.54, 1.807) is 0 Å². The first-order valence-electron chi connectivity index (χ1n) is 15.8. The maximum Gasteiger partial charge on any atom is 0.494 e. The Labute approximate surface area is 252 Å². The van der Waals surface area contributed by atoms with Crippen LogP contribution in [0.3, 0.4) is 0 Å². The smallest absolute Gasteiger partial charge is 0.399 e. The molecule has 3 heteroatoms. The zero-order chi connectivity index (χ0) is 29.2. The van der Waals surface area contributed by atoms with E-state index in [2.05, 4.69) is 132 Å².